The molecule has 0 aromatic rings. The first-order valence-corrected chi connectivity index (χ1v) is 7.20. The number of hydrogen-bond acceptors (Lipinski definition) is 1. The molecule has 0 N–H and O–H groups in total. The van der Waals surface area contributed by atoms with Crippen LogP contribution in [0.3, 0.4) is 0 Å². The Bertz CT molecular complexity index is 164. The molecule has 0 unspecified atom stereocenters. The number of hydrogen-bond donors (Lipinski definition) is 0. The van der Waals surface area contributed by atoms with Crippen LogP contribution in [-0.2, 0) is 4.74 Å². The summed E-state index contributed by atoms with van der Waals surface area (Å²) in [4.78, 5) is 0. The molecule has 1 saturated carbocycles. The van der Waals surface area contributed by atoms with E-state index in [1.807, 2.05) is 6.26 Å². The molecule has 94 valence electrons. The second-order valence-corrected chi connectivity index (χ2v) is 5.06. The second kappa shape index (κ2) is 9.74. The highest BCUT2D eigenvalue weighted by Crippen LogP contribution is 2.22. The fourth-order valence-corrected chi connectivity index (χ4v) is 2.38. The van der Waals surface area contributed by atoms with Crippen LogP contribution in [0.2, 0.25) is 0 Å². The van der Waals surface area contributed by atoms with Gasteiger partial charge in [0.15, 0.2) is 0 Å². The van der Waals surface area contributed by atoms with Crippen molar-refractivity contribution in [3.63, 3.8) is 0 Å². The fraction of sp³-hybridized carbons (Fsp3) is 0.867. The summed E-state index contributed by atoms with van der Waals surface area (Å²) >= 11 is 0. The molecule has 0 aromatic carbocycles. The third kappa shape index (κ3) is 6.92. The number of allylic oxidation sites excluding steroid dienone is 1. The topological polar surface area (TPSA) is 9.23 Å². The minimum Gasteiger partial charge on any atom is -0.501 e. The minimum atomic E-state index is 0.810. The molecule has 1 fully saturated rings. The van der Waals surface area contributed by atoms with Crippen LogP contribution in [-0.4, -0.2) is 6.61 Å². The Morgan fingerprint density at radius 3 is 2.25 bits per heavy atom. The Morgan fingerprint density at radius 1 is 1.00 bits per heavy atom. The van der Waals surface area contributed by atoms with Gasteiger partial charge >= 0.3 is 0 Å². The van der Waals surface area contributed by atoms with Gasteiger partial charge in [0, 0.05) is 0 Å². The van der Waals surface area contributed by atoms with E-state index in [0.717, 1.165) is 18.9 Å². The molecular weight excluding hydrogens is 196 g/mol. The first kappa shape index (κ1) is 13.6. The lowest BCUT2D eigenvalue weighted by Gasteiger charge is -2.14. The van der Waals surface area contributed by atoms with Gasteiger partial charge in [-0.1, -0.05) is 51.9 Å². The van der Waals surface area contributed by atoms with Crippen molar-refractivity contribution >= 4 is 0 Å². The van der Waals surface area contributed by atoms with Crippen LogP contribution in [0.5, 0.6) is 0 Å². The van der Waals surface area contributed by atoms with Crippen molar-refractivity contribution in [3.05, 3.63) is 12.3 Å². The molecule has 0 bridgehead atoms. The Hall–Kier alpha value is -0.460. The van der Waals surface area contributed by atoms with Gasteiger partial charge < -0.3 is 4.74 Å². The molecule has 0 saturated heterocycles. The van der Waals surface area contributed by atoms with Gasteiger partial charge in [0.05, 0.1) is 12.9 Å². The molecule has 1 rings (SSSR count). The lowest BCUT2D eigenvalue weighted by Crippen LogP contribution is -2.07. The fourth-order valence-electron chi connectivity index (χ4n) is 2.38. The number of unbranched alkanes of at least 4 members (excludes halogenated alkanes) is 1. The molecule has 1 nitrogen and oxygen atoms in total. The van der Waals surface area contributed by atoms with E-state index >= 15 is 0 Å². The largest absolute Gasteiger partial charge is 0.501 e. The molecule has 0 heterocycles. The quantitative estimate of drug-likeness (QED) is 0.593. The van der Waals surface area contributed by atoms with Gasteiger partial charge in [-0.3, -0.25) is 0 Å². The van der Waals surface area contributed by atoms with E-state index < -0.39 is 0 Å². The maximum Gasteiger partial charge on any atom is 0.0901 e. The van der Waals surface area contributed by atoms with Crippen molar-refractivity contribution in [1.29, 1.82) is 0 Å². The van der Waals surface area contributed by atoms with Crippen molar-refractivity contribution in [2.24, 2.45) is 5.92 Å². The summed E-state index contributed by atoms with van der Waals surface area (Å²) in [6.45, 7) is 3.14. The summed E-state index contributed by atoms with van der Waals surface area (Å²) in [5.41, 5.74) is 0. The molecular formula is C15H28O. The summed E-state index contributed by atoms with van der Waals surface area (Å²) in [7, 11) is 0. The van der Waals surface area contributed by atoms with Crippen LogP contribution < -0.4 is 0 Å². The molecule has 0 amide bonds. The highest BCUT2D eigenvalue weighted by atomic mass is 16.5. The second-order valence-electron chi connectivity index (χ2n) is 5.06. The maximum atomic E-state index is 5.63. The first-order chi connectivity index (χ1) is 7.93. The predicted molar refractivity (Wildman–Crippen MR) is 70.4 cm³/mol. The summed E-state index contributed by atoms with van der Waals surface area (Å²) < 4.78 is 5.63. The van der Waals surface area contributed by atoms with Gasteiger partial charge in [-0.25, -0.2) is 0 Å². The van der Waals surface area contributed by atoms with Crippen LogP contribution in [0.4, 0.5) is 0 Å². The minimum absolute atomic E-state index is 0.810. The maximum absolute atomic E-state index is 5.63. The van der Waals surface area contributed by atoms with Crippen molar-refractivity contribution in [2.45, 2.75) is 71.1 Å². The third-order valence-electron chi connectivity index (χ3n) is 3.45. The van der Waals surface area contributed by atoms with Crippen LogP contribution in [0.1, 0.15) is 71.1 Å². The molecule has 0 aliphatic heterocycles. The monoisotopic (exact) mass is 224 g/mol. The Morgan fingerprint density at radius 2 is 1.62 bits per heavy atom. The van der Waals surface area contributed by atoms with Crippen molar-refractivity contribution in [3.8, 4) is 0 Å². The summed E-state index contributed by atoms with van der Waals surface area (Å²) in [6.07, 6.45) is 17.8. The van der Waals surface area contributed by atoms with Crippen LogP contribution >= 0.6 is 0 Å². The molecule has 0 atom stereocenters. The third-order valence-corrected chi connectivity index (χ3v) is 3.45. The zero-order valence-electron chi connectivity index (χ0n) is 10.9. The van der Waals surface area contributed by atoms with Gasteiger partial charge in [0.2, 0.25) is 0 Å². The number of ether oxygens (including phenoxy) is 1. The lowest BCUT2D eigenvalue weighted by molar-refractivity contribution is 0.178. The van der Waals surface area contributed by atoms with E-state index in [2.05, 4.69) is 13.0 Å². The number of rotatable bonds is 5. The molecule has 0 spiro atoms. The van der Waals surface area contributed by atoms with E-state index in [0.29, 0.717) is 0 Å². The smallest absolute Gasteiger partial charge is 0.0901 e. The standard InChI is InChI=1S/C15H28O/c1-2-3-10-13-16-14-15-11-8-6-4-5-7-9-12-15/h10,13,15H,2-9,11-12,14H2,1H3/b13-10+. The first-order valence-electron chi connectivity index (χ1n) is 7.20. The molecule has 1 heteroatoms. The molecule has 16 heavy (non-hydrogen) atoms. The normalized spacial score (nSPS) is 20.3. The van der Waals surface area contributed by atoms with Gasteiger partial charge in [0.1, 0.15) is 0 Å². The van der Waals surface area contributed by atoms with Crippen molar-refractivity contribution in [1.82, 2.24) is 0 Å². The van der Waals surface area contributed by atoms with Crippen LogP contribution in [0.25, 0.3) is 0 Å². The van der Waals surface area contributed by atoms with Gasteiger partial charge in [-0.2, -0.15) is 0 Å². The van der Waals surface area contributed by atoms with Crippen molar-refractivity contribution < 1.29 is 4.74 Å². The van der Waals surface area contributed by atoms with E-state index in [9.17, 15) is 0 Å². The molecule has 0 radical (unpaired) electrons. The van der Waals surface area contributed by atoms with Crippen LogP contribution in [0.15, 0.2) is 12.3 Å². The SMILES string of the molecule is CCC/C=C/OCC1CCCCCCCC1. The summed E-state index contributed by atoms with van der Waals surface area (Å²) in [5.74, 6) is 0.810. The molecule has 1 aliphatic rings. The molecule has 1 aliphatic carbocycles. The van der Waals surface area contributed by atoms with Crippen LogP contribution in [0, 0.1) is 5.92 Å². The highest BCUT2D eigenvalue weighted by Gasteiger charge is 2.10. The average Bonchev–Trinajstić information content (AvgIpc) is 2.42. The van der Waals surface area contributed by atoms with E-state index in [-0.39, 0.29) is 0 Å². The molecule has 0 aromatic heterocycles. The summed E-state index contributed by atoms with van der Waals surface area (Å²) in [5, 5.41) is 0. The predicted octanol–water partition coefficient (Wildman–Crippen LogP) is 5.07. The van der Waals surface area contributed by atoms with E-state index in [1.165, 1.54) is 57.8 Å². The zero-order chi connectivity index (χ0) is 11.5. The van der Waals surface area contributed by atoms with E-state index in [4.69, 9.17) is 4.74 Å². The Kier molecular flexibility index (Phi) is 8.28. The average molecular weight is 224 g/mol. The van der Waals surface area contributed by atoms with Gasteiger partial charge in [0.25, 0.3) is 0 Å². The van der Waals surface area contributed by atoms with Gasteiger partial charge in [-0.15, -0.1) is 0 Å². The summed E-state index contributed by atoms with van der Waals surface area (Å²) in [6, 6.07) is 0. The Balaban J connectivity index is 2.12. The van der Waals surface area contributed by atoms with Gasteiger partial charge in [-0.05, 0) is 31.3 Å². The zero-order valence-corrected chi connectivity index (χ0v) is 10.9. The lowest BCUT2D eigenvalue weighted by atomic mass is 9.98. The highest BCUT2D eigenvalue weighted by molar-refractivity contribution is 4.73. The van der Waals surface area contributed by atoms with E-state index in [1.54, 1.807) is 0 Å². The van der Waals surface area contributed by atoms with Crippen molar-refractivity contribution in [2.75, 3.05) is 6.61 Å². The Labute approximate surface area is 101 Å².